The topological polar surface area (TPSA) is 58.2 Å². The van der Waals surface area contributed by atoms with Crippen molar-refractivity contribution in [2.24, 2.45) is 0 Å². The van der Waals surface area contributed by atoms with E-state index in [9.17, 15) is 8.42 Å². The van der Waals surface area contributed by atoms with Crippen molar-refractivity contribution in [3.8, 4) is 0 Å². The molecule has 1 unspecified atom stereocenters. The van der Waals surface area contributed by atoms with Crippen molar-refractivity contribution >= 4 is 15.7 Å². The van der Waals surface area contributed by atoms with E-state index in [0.29, 0.717) is 5.69 Å². The number of hydrogen-bond acceptors (Lipinski definition) is 3. The van der Waals surface area contributed by atoms with Crippen molar-refractivity contribution in [2.75, 3.05) is 11.3 Å². The summed E-state index contributed by atoms with van der Waals surface area (Å²) in [6, 6.07) is 16.0. The summed E-state index contributed by atoms with van der Waals surface area (Å²) in [7, 11) is -3.52. The molecule has 0 heterocycles. The van der Waals surface area contributed by atoms with Gasteiger partial charge in [0.1, 0.15) is 0 Å². The van der Waals surface area contributed by atoms with Crippen LogP contribution in [0, 0.1) is 0 Å². The first kappa shape index (κ1) is 15.5. The molecule has 5 heteroatoms. The van der Waals surface area contributed by atoms with Crippen molar-refractivity contribution in [3.05, 3.63) is 60.2 Å². The lowest BCUT2D eigenvalue weighted by molar-refractivity contribution is 0.598. The van der Waals surface area contributed by atoms with Gasteiger partial charge in [-0.1, -0.05) is 37.3 Å². The van der Waals surface area contributed by atoms with Gasteiger partial charge in [-0.05, 0) is 43.3 Å². The van der Waals surface area contributed by atoms with Crippen molar-refractivity contribution < 1.29 is 8.42 Å². The molecule has 112 valence electrons. The van der Waals surface area contributed by atoms with Crippen molar-refractivity contribution in [1.29, 1.82) is 0 Å². The van der Waals surface area contributed by atoms with Crippen molar-refractivity contribution in [3.63, 3.8) is 0 Å². The summed E-state index contributed by atoms with van der Waals surface area (Å²) in [6.07, 6.45) is 0. The molecular formula is C16H20N2O2S. The van der Waals surface area contributed by atoms with E-state index in [1.165, 1.54) is 0 Å². The first-order valence-corrected chi connectivity index (χ1v) is 8.42. The van der Waals surface area contributed by atoms with Gasteiger partial charge < -0.3 is 5.32 Å². The zero-order valence-electron chi connectivity index (χ0n) is 12.2. The van der Waals surface area contributed by atoms with Crippen LogP contribution in [-0.2, 0) is 10.0 Å². The van der Waals surface area contributed by atoms with E-state index in [-0.39, 0.29) is 10.9 Å². The summed E-state index contributed by atoms with van der Waals surface area (Å²) >= 11 is 0. The summed E-state index contributed by atoms with van der Waals surface area (Å²) in [5, 5.41) is 3.32. The summed E-state index contributed by atoms with van der Waals surface area (Å²) in [5.74, 6) is 0. The van der Waals surface area contributed by atoms with Crippen molar-refractivity contribution in [1.82, 2.24) is 5.32 Å². The Kier molecular flexibility index (Phi) is 4.98. The van der Waals surface area contributed by atoms with Crippen LogP contribution in [0.5, 0.6) is 0 Å². The Balaban J connectivity index is 2.14. The Morgan fingerprint density at radius 2 is 1.62 bits per heavy atom. The molecule has 4 nitrogen and oxygen atoms in total. The van der Waals surface area contributed by atoms with Gasteiger partial charge in [0.2, 0.25) is 0 Å². The molecule has 0 saturated carbocycles. The number of benzene rings is 2. The predicted octanol–water partition coefficient (Wildman–Crippen LogP) is 3.16. The van der Waals surface area contributed by atoms with Gasteiger partial charge >= 0.3 is 0 Å². The van der Waals surface area contributed by atoms with Crippen LogP contribution in [0.2, 0.25) is 0 Å². The third-order valence-corrected chi connectivity index (χ3v) is 4.62. The largest absolute Gasteiger partial charge is 0.310 e. The molecule has 0 saturated heterocycles. The Morgan fingerprint density at radius 3 is 2.19 bits per heavy atom. The lowest BCUT2D eigenvalue weighted by Gasteiger charge is -2.14. The molecule has 0 spiro atoms. The lowest BCUT2D eigenvalue weighted by atomic mass is 10.1. The molecule has 2 N–H and O–H groups in total. The van der Waals surface area contributed by atoms with Gasteiger partial charge in [-0.2, -0.15) is 0 Å². The molecule has 21 heavy (non-hydrogen) atoms. The smallest absolute Gasteiger partial charge is 0.261 e. The normalized spacial score (nSPS) is 12.9. The lowest BCUT2D eigenvalue weighted by Crippen LogP contribution is -2.17. The highest BCUT2D eigenvalue weighted by atomic mass is 32.2. The van der Waals surface area contributed by atoms with Crippen LogP contribution < -0.4 is 10.0 Å². The fraction of sp³-hybridized carbons (Fsp3) is 0.250. The third-order valence-electron chi connectivity index (χ3n) is 3.23. The minimum Gasteiger partial charge on any atom is -0.310 e. The molecule has 0 aliphatic carbocycles. The summed E-state index contributed by atoms with van der Waals surface area (Å²) in [4.78, 5) is 0.259. The number of hydrogen-bond donors (Lipinski definition) is 2. The first-order valence-electron chi connectivity index (χ1n) is 6.94. The maximum Gasteiger partial charge on any atom is 0.261 e. The number of anilines is 1. The average Bonchev–Trinajstić information content (AvgIpc) is 2.49. The fourth-order valence-corrected chi connectivity index (χ4v) is 3.16. The Morgan fingerprint density at radius 1 is 1.00 bits per heavy atom. The average molecular weight is 304 g/mol. The van der Waals surface area contributed by atoms with Crippen LogP contribution in [0.25, 0.3) is 0 Å². The third kappa shape index (κ3) is 4.06. The van der Waals surface area contributed by atoms with Crippen LogP contribution in [0.3, 0.4) is 0 Å². The highest BCUT2D eigenvalue weighted by Crippen LogP contribution is 2.19. The number of nitrogens with one attached hydrogen (secondary N) is 2. The quantitative estimate of drug-likeness (QED) is 0.862. The number of rotatable bonds is 6. The van der Waals surface area contributed by atoms with Crippen LogP contribution in [0.15, 0.2) is 59.5 Å². The summed E-state index contributed by atoms with van der Waals surface area (Å²) in [5.41, 5.74) is 1.69. The van der Waals surface area contributed by atoms with E-state index < -0.39 is 10.0 Å². The minimum atomic E-state index is -3.52. The van der Waals surface area contributed by atoms with Crippen LogP contribution in [0.4, 0.5) is 5.69 Å². The first-order chi connectivity index (χ1) is 10.0. The molecule has 2 rings (SSSR count). The van der Waals surface area contributed by atoms with Crippen LogP contribution in [-0.4, -0.2) is 15.0 Å². The van der Waals surface area contributed by atoms with E-state index in [4.69, 9.17) is 0 Å². The highest BCUT2D eigenvalue weighted by Gasteiger charge is 2.13. The van der Waals surface area contributed by atoms with Crippen LogP contribution >= 0.6 is 0 Å². The Bertz CT molecular complexity index is 667. The second-order valence-electron chi connectivity index (χ2n) is 4.82. The second kappa shape index (κ2) is 6.74. The van der Waals surface area contributed by atoms with Crippen molar-refractivity contribution in [2.45, 2.75) is 24.8 Å². The zero-order chi connectivity index (χ0) is 15.3. The van der Waals surface area contributed by atoms with E-state index in [2.05, 4.69) is 23.9 Å². The fourth-order valence-electron chi connectivity index (χ4n) is 2.08. The maximum atomic E-state index is 12.2. The molecule has 1 atom stereocenters. The molecule has 2 aromatic rings. The van der Waals surface area contributed by atoms with E-state index >= 15 is 0 Å². The second-order valence-corrected chi connectivity index (χ2v) is 6.50. The van der Waals surface area contributed by atoms with Gasteiger partial charge in [0.15, 0.2) is 0 Å². The zero-order valence-corrected chi connectivity index (χ0v) is 13.0. The van der Waals surface area contributed by atoms with Gasteiger partial charge in [0, 0.05) is 11.7 Å². The van der Waals surface area contributed by atoms with E-state index in [0.717, 1.165) is 12.1 Å². The molecule has 0 aliphatic rings. The van der Waals surface area contributed by atoms with Gasteiger partial charge in [-0.15, -0.1) is 0 Å². The van der Waals surface area contributed by atoms with Gasteiger partial charge in [-0.25, -0.2) is 8.42 Å². The monoisotopic (exact) mass is 304 g/mol. The number of sulfonamides is 1. The molecule has 0 amide bonds. The SMILES string of the molecule is CCNC(C)c1ccc(NS(=O)(=O)c2ccccc2)cc1. The molecule has 0 bridgehead atoms. The molecular weight excluding hydrogens is 284 g/mol. The minimum absolute atomic E-state index is 0.245. The van der Waals surface area contributed by atoms with E-state index in [1.807, 2.05) is 12.1 Å². The summed E-state index contributed by atoms with van der Waals surface area (Å²) < 4.78 is 27.0. The molecule has 0 fully saturated rings. The Labute approximate surface area is 126 Å². The van der Waals surface area contributed by atoms with Gasteiger partial charge in [0.05, 0.1) is 4.90 Å². The molecule has 0 radical (unpaired) electrons. The predicted molar refractivity (Wildman–Crippen MR) is 85.8 cm³/mol. The van der Waals surface area contributed by atoms with E-state index in [1.54, 1.807) is 42.5 Å². The maximum absolute atomic E-state index is 12.2. The van der Waals surface area contributed by atoms with Gasteiger partial charge in [0.25, 0.3) is 10.0 Å². The Hall–Kier alpha value is -1.85. The molecule has 2 aromatic carbocycles. The summed E-state index contributed by atoms with van der Waals surface area (Å²) in [6.45, 7) is 5.02. The standard InChI is InChI=1S/C16H20N2O2S/c1-3-17-13(2)14-9-11-15(12-10-14)18-21(19,20)16-7-5-4-6-8-16/h4-13,17-18H,3H2,1-2H3. The van der Waals surface area contributed by atoms with Crippen LogP contribution in [0.1, 0.15) is 25.5 Å². The highest BCUT2D eigenvalue weighted by molar-refractivity contribution is 7.92. The molecule has 0 aromatic heterocycles. The van der Waals surface area contributed by atoms with Gasteiger partial charge in [-0.3, -0.25) is 4.72 Å². The molecule has 0 aliphatic heterocycles.